The molecular formula is C22H23N3O2. The van der Waals surface area contributed by atoms with Gasteiger partial charge in [0.2, 0.25) is 11.7 Å². The lowest BCUT2D eigenvalue weighted by molar-refractivity contribution is 0.402. The highest BCUT2D eigenvalue weighted by molar-refractivity contribution is 5.37. The zero-order chi connectivity index (χ0) is 18.6. The average molecular weight is 361 g/mol. The topological polar surface area (TPSA) is 56.1 Å². The van der Waals surface area contributed by atoms with Crippen molar-refractivity contribution in [2.75, 3.05) is 12.4 Å². The minimum Gasteiger partial charge on any atom is -0.490 e. The first-order valence-electron chi connectivity index (χ1n) is 9.25. The monoisotopic (exact) mass is 361 g/mol. The maximum Gasteiger partial charge on any atom is 0.316 e. The Hall–Kier alpha value is -3.08. The van der Waals surface area contributed by atoms with E-state index in [9.17, 15) is 4.79 Å². The third kappa shape index (κ3) is 3.87. The number of hydrogen-bond acceptors (Lipinski definition) is 4. The minimum atomic E-state index is -0.347. The Kier molecular flexibility index (Phi) is 4.92. The number of ether oxygens (including phenoxy) is 1. The van der Waals surface area contributed by atoms with E-state index in [1.807, 2.05) is 22.8 Å². The van der Waals surface area contributed by atoms with Gasteiger partial charge >= 0.3 is 5.56 Å². The third-order valence-electron chi connectivity index (χ3n) is 5.06. The molecule has 138 valence electrons. The van der Waals surface area contributed by atoms with Crippen molar-refractivity contribution in [2.45, 2.75) is 31.8 Å². The molecule has 1 N–H and O–H groups in total. The summed E-state index contributed by atoms with van der Waals surface area (Å²) in [7, 11) is 1.50. The van der Waals surface area contributed by atoms with Gasteiger partial charge in [-0.25, -0.2) is 0 Å². The normalized spacial score (nSPS) is 15.8. The smallest absolute Gasteiger partial charge is 0.316 e. The summed E-state index contributed by atoms with van der Waals surface area (Å²) in [6, 6.07) is 18.9. The summed E-state index contributed by atoms with van der Waals surface area (Å²) in [6.07, 6.45) is 4.72. The first kappa shape index (κ1) is 17.3. The van der Waals surface area contributed by atoms with E-state index in [4.69, 9.17) is 4.74 Å². The van der Waals surface area contributed by atoms with Crippen LogP contribution >= 0.6 is 0 Å². The van der Waals surface area contributed by atoms with Gasteiger partial charge in [-0.05, 0) is 36.0 Å². The molecule has 0 saturated heterocycles. The Balaban J connectivity index is 1.61. The predicted molar refractivity (Wildman–Crippen MR) is 106 cm³/mol. The number of rotatable bonds is 5. The van der Waals surface area contributed by atoms with Gasteiger partial charge in [0.1, 0.15) is 0 Å². The molecule has 1 aromatic heterocycles. The largest absolute Gasteiger partial charge is 0.490 e. The average Bonchev–Trinajstić information content (AvgIpc) is 2.70. The number of anilines is 1. The maximum atomic E-state index is 12.2. The molecular weight excluding hydrogens is 338 g/mol. The van der Waals surface area contributed by atoms with Crippen LogP contribution in [0.4, 0.5) is 5.95 Å². The number of methoxy groups -OCH3 is 1. The van der Waals surface area contributed by atoms with E-state index in [1.54, 1.807) is 6.20 Å². The molecule has 0 saturated carbocycles. The van der Waals surface area contributed by atoms with E-state index >= 15 is 0 Å². The molecule has 5 nitrogen and oxygen atoms in total. The molecule has 0 fully saturated rings. The highest BCUT2D eigenvalue weighted by Gasteiger charge is 2.20. The lowest BCUT2D eigenvalue weighted by Crippen LogP contribution is -2.31. The fourth-order valence-corrected chi connectivity index (χ4v) is 3.63. The van der Waals surface area contributed by atoms with Crippen LogP contribution in [0, 0.1) is 0 Å². The molecule has 0 radical (unpaired) electrons. The zero-order valence-corrected chi connectivity index (χ0v) is 15.4. The molecule has 1 aliphatic rings. The van der Waals surface area contributed by atoms with Gasteiger partial charge in [0.05, 0.1) is 19.9 Å². The van der Waals surface area contributed by atoms with Crippen LogP contribution in [0.5, 0.6) is 5.75 Å². The third-order valence-corrected chi connectivity index (χ3v) is 5.06. The van der Waals surface area contributed by atoms with E-state index in [0.29, 0.717) is 12.5 Å². The summed E-state index contributed by atoms with van der Waals surface area (Å²) >= 11 is 0. The van der Waals surface area contributed by atoms with Crippen molar-refractivity contribution in [2.24, 2.45) is 0 Å². The second-order valence-electron chi connectivity index (χ2n) is 6.90. The van der Waals surface area contributed by atoms with Crippen LogP contribution in [-0.4, -0.2) is 22.7 Å². The molecule has 1 heterocycles. The van der Waals surface area contributed by atoms with E-state index in [2.05, 4.69) is 46.7 Å². The van der Waals surface area contributed by atoms with E-state index in [1.165, 1.54) is 18.2 Å². The van der Waals surface area contributed by atoms with Crippen LogP contribution in [0.2, 0.25) is 0 Å². The molecule has 1 atom stereocenters. The number of aryl methyl sites for hydroxylation is 1. The van der Waals surface area contributed by atoms with Crippen molar-refractivity contribution in [3.8, 4) is 5.75 Å². The molecule has 3 aromatic rings. The van der Waals surface area contributed by atoms with Gasteiger partial charge < -0.3 is 14.6 Å². The van der Waals surface area contributed by atoms with Gasteiger partial charge in [-0.2, -0.15) is 4.98 Å². The summed E-state index contributed by atoms with van der Waals surface area (Å²) in [6.45, 7) is 0.621. The first-order chi connectivity index (χ1) is 13.2. The molecule has 0 bridgehead atoms. The fraction of sp³-hybridized carbons (Fsp3) is 0.273. The van der Waals surface area contributed by atoms with Crippen molar-refractivity contribution in [1.82, 2.24) is 9.55 Å². The van der Waals surface area contributed by atoms with Crippen LogP contribution < -0.4 is 15.6 Å². The van der Waals surface area contributed by atoms with Crippen molar-refractivity contribution >= 4 is 5.95 Å². The van der Waals surface area contributed by atoms with Crippen LogP contribution in [-0.2, 0) is 19.4 Å². The molecule has 27 heavy (non-hydrogen) atoms. The standard InChI is InChI=1S/C22H23N3O2/c1-27-20-15-25(14-16-7-3-2-4-8-16)22(24-21(20)26)23-19-12-11-17-9-5-6-10-18(17)13-19/h2-10,15,19H,11-14H2,1H3,(H,23,24,26). The lowest BCUT2D eigenvalue weighted by atomic mass is 9.88. The van der Waals surface area contributed by atoms with Gasteiger partial charge in [-0.3, -0.25) is 4.79 Å². The molecule has 1 unspecified atom stereocenters. The van der Waals surface area contributed by atoms with E-state index in [0.717, 1.165) is 24.8 Å². The van der Waals surface area contributed by atoms with Gasteiger partial charge in [-0.15, -0.1) is 0 Å². The quantitative estimate of drug-likeness (QED) is 0.758. The number of nitrogens with zero attached hydrogens (tertiary/aromatic N) is 2. The number of fused-ring (bicyclic) bond motifs is 1. The molecule has 1 aliphatic carbocycles. The van der Waals surface area contributed by atoms with Gasteiger partial charge in [-0.1, -0.05) is 54.6 Å². The van der Waals surface area contributed by atoms with Crippen LogP contribution in [0.3, 0.4) is 0 Å². The van der Waals surface area contributed by atoms with E-state index in [-0.39, 0.29) is 17.4 Å². The maximum absolute atomic E-state index is 12.2. The van der Waals surface area contributed by atoms with Crippen molar-refractivity contribution in [3.63, 3.8) is 0 Å². The summed E-state index contributed by atoms with van der Waals surface area (Å²) in [5.41, 5.74) is 3.58. The van der Waals surface area contributed by atoms with Crippen molar-refractivity contribution in [3.05, 3.63) is 87.8 Å². The van der Waals surface area contributed by atoms with Gasteiger partial charge in [0.15, 0.2) is 0 Å². The fourth-order valence-electron chi connectivity index (χ4n) is 3.63. The highest BCUT2D eigenvalue weighted by atomic mass is 16.5. The Morgan fingerprint density at radius 1 is 1.11 bits per heavy atom. The number of aromatic nitrogens is 2. The summed E-state index contributed by atoms with van der Waals surface area (Å²) in [5, 5.41) is 3.50. The Morgan fingerprint density at radius 3 is 2.63 bits per heavy atom. The summed E-state index contributed by atoms with van der Waals surface area (Å²) in [5.74, 6) is 0.847. The number of nitrogens with one attached hydrogen (secondary N) is 1. The van der Waals surface area contributed by atoms with Gasteiger partial charge in [0, 0.05) is 6.04 Å². The van der Waals surface area contributed by atoms with Crippen LogP contribution in [0.25, 0.3) is 0 Å². The number of benzene rings is 2. The predicted octanol–water partition coefficient (Wildman–Crippen LogP) is 3.27. The van der Waals surface area contributed by atoms with Crippen molar-refractivity contribution in [1.29, 1.82) is 0 Å². The Morgan fingerprint density at radius 2 is 1.85 bits per heavy atom. The van der Waals surface area contributed by atoms with Crippen LogP contribution in [0.15, 0.2) is 65.6 Å². The highest BCUT2D eigenvalue weighted by Crippen LogP contribution is 2.23. The zero-order valence-electron chi connectivity index (χ0n) is 15.4. The second kappa shape index (κ2) is 7.66. The lowest BCUT2D eigenvalue weighted by Gasteiger charge is -2.27. The molecule has 0 amide bonds. The Labute approximate surface area is 158 Å². The number of hydrogen-bond donors (Lipinski definition) is 1. The summed E-state index contributed by atoms with van der Waals surface area (Å²) in [4.78, 5) is 16.5. The van der Waals surface area contributed by atoms with Gasteiger partial charge in [0.25, 0.3) is 0 Å². The molecule has 4 rings (SSSR count). The molecule has 0 aliphatic heterocycles. The summed E-state index contributed by atoms with van der Waals surface area (Å²) < 4.78 is 7.15. The molecule has 0 spiro atoms. The Bertz CT molecular complexity index is 982. The first-order valence-corrected chi connectivity index (χ1v) is 9.25. The minimum absolute atomic E-state index is 0.252. The SMILES string of the molecule is COc1cn(Cc2ccccc2)c(NC2CCc3ccccc3C2)nc1=O. The second-order valence-corrected chi connectivity index (χ2v) is 6.90. The molecule has 5 heteroatoms. The van der Waals surface area contributed by atoms with Crippen LogP contribution in [0.1, 0.15) is 23.1 Å². The molecule has 2 aromatic carbocycles. The van der Waals surface area contributed by atoms with E-state index < -0.39 is 0 Å². The van der Waals surface area contributed by atoms with Crippen molar-refractivity contribution < 1.29 is 4.74 Å².